The Morgan fingerprint density at radius 3 is 2.62 bits per heavy atom. The third-order valence-electron chi connectivity index (χ3n) is 3.81. The molecule has 2 aromatic rings. The van der Waals surface area contributed by atoms with Gasteiger partial charge in [-0.15, -0.1) is 10.2 Å². The molecule has 0 radical (unpaired) electrons. The monoisotopic (exact) mass is 346 g/mol. The van der Waals surface area contributed by atoms with Gasteiger partial charge in [0, 0.05) is 25.7 Å². The van der Waals surface area contributed by atoms with Gasteiger partial charge in [-0.1, -0.05) is 49.9 Å². The van der Waals surface area contributed by atoms with Crippen molar-refractivity contribution in [1.29, 1.82) is 0 Å². The standard InChI is InChI=1S/C18H26N4OS/c1-6-22-17(15-10-8-7-9-14(15)4)19-20-18(22)24-12-16(23)21(5)11-13(2)3/h7-10,13H,6,11-12H2,1-5H3. The molecule has 0 N–H and O–H groups in total. The van der Waals surface area contributed by atoms with Gasteiger partial charge in [0.15, 0.2) is 11.0 Å². The molecule has 0 atom stereocenters. The lowest BCUT2D eigenvalue weighted by Gasteiger charge is -2.19. The van der Waals surface area contributed by atoms with E-state index in [0.717, 1.165) is 29.6 Å². The Labute approximate surface area is 148 Å². The number of nitrogens with zero attached hydrogens (tertiary/aromatic N) is 4. The van der Waals surface area contributed by atoms with Crippen LogP contribution in [0.5, 0.6) is 0 Å². The second-order valence-corrected chi connectivity index (χ2v) is 7.26. The molecule has 0 aliphatic carbocycles. The molecule has 0 saturated carbocycles. The summed E-state index contributed by atoms with van der Waals surface area (Å²) in [4.78, 5) is 14.0. The van der Waals surface area contributed by atoms with Crippen molar-refractivity contribution in [2.24, 2.45) is 5.92 Å². The van der Waals surface area contributed by atoms with Crippen molar-refractivity contribution in [1.82, 2.24) is 19.7 Å². The predicted molar refractivity (Wildman–Crippen MR) is 99.1 cm³/mol. The van der Waals surface area contributed by atoms with Crippen molar-refractivity contribution in [2.45, 2.75) is 39.4 Å². The highest BCUT2D eigenvalue weighted by molar-refractivity contribution is 7.99. The van der Waals surface area contributed by atoms with E-state index in [2.05, 4.69) is 54.6 Å². The highest BCUT2D eigenvalue weighted by Crippen LogP contribution is 2.26. The molecule has 0 unspecified atom stereocenters. The van der Waals surface area contributed by atoms with Gasteiger partial charge in [0.1, 0.15) is 0 Å². The number of amides is 1. The molecule has 0 bridgehead atoms. The van der Waals surface area contributed by atoms with Crippen LogP contribution in [0.2, 0.25) is 0 Å². The van der Waals surface area contributed by atoms with Gasteiger partial charge in [-0.05, 0) is 25.3 Å². The highest BCUT2D eigenvalue weighted by atomic mass is 32.2. The zero-order chi connectivity index (χ0) is 17.7. The summed E-state index contributed by atoms with van der Waals surface area (Å²) in [7, 11) is 1.85. The van der Waals surface area contributed by atoms with Crippen LogP contribution in [-0.2, 0) is 11.3 Å². The molecular formula is C18H26N4OS. The number of hydrogen-bond acceptors (Lipinski definition) is 4. The first-order chi connectivity index (χ1) is 11.4. The van der Waals surface area contributed by atoms with Crippen LogP contribution in [0.4, 0.5) is 0 Å². The fraction of sp³-hybridized carbons (Fsp3) is 0.500. The average molecular weight is 347 g/mol. The minimum atomic E-state index is 0.122. The summed E-state index contributed by atoms with van der Waals surface area (Å²) in [5.74, 6) is 1.84. The van der Waals surface area contributed by atoms with Crippen molar-refractivity contribution in [3.8, 4) is 11.4 Å². The molecule has 1 amide bonds. The minimum Gasteiger partial charge on any atom is -0.345 e. The maximum absolute atomic E-state index is 12.2. The smallest absolute Gasteiger partial charge is 0.232 e. The van der Waals surface area contributed by atoms with E-state index in [0.29, 0.717) is 11.7 Å². The Morgan fingerprint density at radius 2 is 2.00 bits per heavy atom. The van der Waals surface area contributed by atoms with E-state index < -0.39 is 0 Å². The minimum absolute atomic E-state index is 0.122. The topological polar surface area (TPSA) is 51.0 Å². The van der Waals surface area contributed by atoms with E-state index in [1.165, 1.54) is 17.3 Å². The van der Waals surface area contributed by atoms with E-state index >= 15 is 0 Å². The number of aromatic nitrogens is 3. The van der Waals surface area contributed by atoms with E-state index in [1.54, 1.807) is 4.90 Å². The normalized spacial score (nSPS) is 11.1. The van der Waals surface area contributed by atoms with Crippen LogP contribution in [0.25, 0.3) is 11.4 Å². The van der Waals surface area contributed by atoms with Crippen LogP contribution in [0, 0.1) is 12.8 Å². The first-order valence-electron chi connectivity index (χ1n) is 8.30. The molecule has 130 valence electrons. The molecule has 1 aromatic heterocycles. The molecule has 1 aromatic carbocycles. The Hall–Kier alpha value is -1.82. The molecule has 1 heterocycles. The lowest BCUT2D eigenvalue weighted by molar-refractivity contribution is -0.127. The van der Waals surface area contributed by atoms with E-state index in [1.807, 2.05) is 19.2 Å². The molecule has 6 heteroatoms. The summed E-state index contributed by atoms with van der Waals surface area (Å²) in [5, 5.41) is 9.45. The molecule has 0 fully saturated rings. The Kier molecular flexibility index (Phi) is 6.43. The second-order valence-electron chi connectivity index (χ2n) is 6.32. The highest BCUT2D eigenvalue weighted by Gasteiger charge is 2.17. The van der Waals surface area contributed by atoms with Gasteiger partial charge in [-0.25, -0.2) is 0 Å². The Morgan fingerprint density at radius 1 is 1.29 bits per heavy atom. The zero-order valence-corrected chi connectivity index (χ0v) is 15.9. The van der Waals surface area contributed by atoms with Crippen molar-refractivity contribution in [2.75, 3.05) is 19.3 Å². The van der Waals surface area contributed by atoms with Crippen LogP contribution >= 0.6 is 11.8 Å². The molecule has 24 heavy (non-hydrogen) atoms. The summed E-state index contributed by atoms with van der Waals surface area (Å²) in [6.07, 6.45) is 0. The van der Waals surface area contributed by atoms with Crippen LogP contribution in [0.3, 0.4) is 0 Å². The maximum Gasteiger partial charge on any atom is 0.232 e. The van der Waals surface area contributed by atoms with Crippen molar-refractivity contribution >= 4 is 17.7 Å². The molecule has 0 saturated heterocycles. The quantitative estimate of drug-likeness (QED) is 0.720. The second kappa shape index (κ2) is 8.33. The summed E-state index contributed by atoms with van der Waals surface area (Å²) >= 11 is 1.45. The van der Waals surface area contributed by atoms with E-state index in [9.17, 15) is 4.79 Å². The number of aryl methyl sites for hydroxylation is 1. The first-order valence-corrected chi connectivity index (χ1v) is 9.28. The summed E-state index contributed by atoms with van der Waals surface area (Å²) in [5.41, 5.74) is 2.26. The fourth-order valence-corrected chi connectivity index (χ4v) is 3.53. The number of hydrogen-bond donors (Lipinski definition) is 0. The number of benzene rings is 1. The number of thioether (sulfide) groups is 1. The van der Waals surface area contributed by atoms with Gasteiger partial charge in [0.05, 0.1) is 5.75 Å². The lowest BCUT2D eigenvalue weighted by atomic mass is 10.1. The van der Waals surface area contributed by atoms with Gasteiger partial charge in [-0.2, -0.15) is 0 Å². The molecule has 2 rings (SSSR count). The van der Waals surface area contributed by atoms with E-state index in [-0.39, 0.29) is 5.91 Å². The third kappa shape index (κ3) is 4.38. The summed E-state index contributed by atoms with van der Waals surface area (Å²) in [6, 6.07) is 8.15. The first kappa shape index (κ1) is 18.5. The van der Waals surface area contributed by atoms with Crippen LogP contribution in [-0.4, -0.2) is 44.9 Å². The van der Waals surface area contributed by atoms with Gasteiger partial charge >= 0.3 is 0 Å². The lowest BCUT2D eigenvalue weighted by Crippen LogP contribution is -2.31. The maximum atomic E-state index is 12.2. The van der Waals surface area contributed by atoms with Crippen LogP contribution < -0.4 is 0 Å². The number of carbonyl (C=O) groups excluding carboxylic acids is 1. The van der Waals surface area contributed by atoms with Crippen LogP contribution in [0.15, 0.2) is 29.4 Å². The summed E-state index contributed by atoms with van der Waals surface area (Å²) < 4.78 is 2.07. The van der Waals surface area contributed by atoms with Gasteiger partial charge in [-0.3, -0.25) is 4.79 Å². The Bertz CT molecular complexity index is 696. The molecule has 0 aliphatic rings. The SMILES string of the molecule is CCn1c(SCC(=O)N(C)CC(C)C)nnc1-c1ccccc1C. The molecular weight excluding hydrogens is 320 g/mol. The van der Waals surface area contributed by atoms with Crippen molar-refractivity contribution in [3.05, 3.63) is 29.8 Å². The molecule has 0 aliphatic heterocycles. The third-order valence-corrected chi connectivity index (χ3v) is 4.76. The number of rotatable bonds is 7. The largest absolute Gasteiger partial charge is 0.345 e. The predicted octanol–water partition coefficient (Wildman–Crippen LogP) is 3.48. The zero-order valence-electron chi connectivity index (χ0n) is 15.1. The molecule has 0 spiro atoms. The van der Waals surface area contributed by atoms with Crippen molar-refractivity contribution < 1.29 is 4.79 Å². The van der Waals surface area contributed by atoms with E-state index in [4.69, 9.17) is 0 Å². The van der Waals surface area contributed by atoms with Crippen LogP contribution in [0.1, 0.15) is 26.3 Å². The molecule has 5 nitrogen and oxygen atoms in total. The fourth-order valence-electron chi connectivity index (χ4n) is 2.59. The van der Waals surface area contributed by atoms with Crippen molar-refractivity contribution in [3.63, 3.8) is 0 Å². The number of carbonyl (C=O) groups is 1. The summed E-state index contributed by atoms with van der Waals surface area (Å²) in [6.45, 7) is 9.91. The van der Waals surface area contributed by atoms with Gasteiger partial charge in [0.25, 0.3) is 0 Å². The average Bonchev–Trinajstić information content (AvgIpc) is 2.95. The Balaban J connectivity index is 2.13. The van der Waals surface area contributed by atoms with Gasteiger partial charge in [0.2, 0.25) is 5.91 Å². The van der Waals surface area contributed by atoms with Gasteiger partial charge < -0.3 is 9.47 Å².